The van der Waals surface area contributed by atoms with Crippen molar-refractivity contribution in [3.8, 4) is 0 Å². The number of piperidine rings is 1. The maximum atomic E-state index is 10.9. The number of benzene rings is 1. The fraction of sp³-hybridized carbons (Fsp3) is 0.571. The first kappa shape index (κ1) is 14.7. The second-order valence-corrected chi connectivity index (χ2v) is 5.07. The molecule has 1 aromatic rings. The van der Waals surface area contributed by atoms with Gasteiger partial charge in [-0.2, -0.15) is 0 Å². The van der Waals surface area contributed by atoms with Gasteiger partial charge in [0.05, 0.1) is 11.0 Å². The summed E-state index contributed by atoms with van der Waals surface area (Å²) in [6.07, 6.45) is 2.46. The topological polar surface area (TPSA) is 67.6 Å². The largest absolute Gasteiger partial charge is 0.383 e. The molecule has 0 radical (unpaired) electrons. The Balaban J connectivity index is 2.01. The third kappa shape index (κ3) is 3.46. The normalized spacial score (nSPS) is 17.1. The minimum absolute atomic E-state index is 0.120. The van der Waals surface area contributed by atoms with E-state index in [4.69, 9.17) is 4.74 Å². The number of nitrogens with zero attached hydrogens (tertiary/aromatic N) is 2. The third-order valence-corrected chi connectivity index (χ3v) is 3.80. The molecule has 2 rings (SSSR count). The molecule has 1 aliphatic rings. The fourth-order valence-corrected chi connectivity index (χ4v) is 2.60. The van der Waals surface area contributed by atoms with E-state index in [9.17, 15) is 10.1 Å². The van der Waals surface area contributed by atoms with Crippen molar-refractivity contribution >= 4 is 11.4 Å². The Morgan fingerprint density at radius 2 is 2.15 bits per heavy atom. The molecule has 0 atom stereocenters. The Bertz CT molecular complexity index is 471. The molecule has 6 nitrogen and oxygen atoms in total. The van der Waals surface area contributed by atoms with Crippen LogP contribution in [-0.4, -0.2) is 43.2 Å². The van der Waals surface area contributed by atoms with Crippen LogP contribution in [0, 0.1) is 10.1 Å². The van der Waals surface area contributed by atoms with Gasteiger partial charge in [0.25, 0.3) is 5.69 Å². The molecule has 0 saturated carbocycles. The third-order valence-electron chi connectivity index (χ3n) is 3.80. The molecule has 1 aromatic carbocycles. The lowest BCUT2D eigenvalue weighted by Gasteiger charge is -2.31. The minimum atomic E-state index is -0.361. The number of hydrogen-bond acceptors (Lipinski definition) is 5. The molecule has 1 heterocycles. The number of nitrogens with one attached hydrogen (secondary N) is 1. The molecule has 6 heteroatoms. The highest BCUT2D eigenvalue weighted by Crippen LogP contribution is 2.26. The minimum Gasteiger partial charge on any atom is -0.383 e. The van der Waals surface area contributed by atoms with Crippen molar-refractivity contribution < 1.29 is 9.66 Å². The number of nitro benzene ring substituents is 1. The van der Waals surface area contributed by atoms with Crippen molar-refractivity contribution in [1.29, 1.82) is 0 Å². The second kappa shape index (κ2) is 6.67. The zero-order valence-electron chi connectivity index (χ0n) is 12.0. The van der Waals surface area contributed by atoms with Crippen LogP contribution in [0.15, 0.2) is 18.2 Å². The summed E-state index contributed by atoms with van der Waals surface area (Å²) in [5.74, 6) is 0. The molecular formula is C14H21N3O3. The maximum Gasteiger partial charge on any atom is 0.292 e. The molecule has 20 heavy (non-hydrogen) atoms. The van der Waals surface area contributed by atoms with Gasteiger partial charge in [-0.25, -0.2) is 0 Å². The van der Waals surface area contributed by atoms with E-state index in [2.05, 4.69) is 10.2 Å². The quantitative estimate of drug-likeness (QED) is 0.661. The van der Waals surface area contributed by atoms with Crippen molar-refractivity contribution in [3.05, 3.63) is 33.9 Å². The van der Waals surface area contributed by atoms with Gasteiger partial charge in [0, 0.05) is 39.9 Å². The standard InChI is InChI=1S/C14H21N3O3/c1-15-13-9-11(3-4-14(13)17(18)19)10-16-7-5-12(20-2)6-8-16/h3-4,9,12,15H,5-8,10H2,1-2H3. The van der Waals surface area contributed by atoms with Crippen molar-refractivity contribution in [2.75, 3.05) is 32.6 Å². The monoisotopic (exact) mass is 279 g/mol. The summed E-state index contributed by atoms with van der Waals surface area (Å²) < 4.78 is 5.36. The Morgan fingerprint density at radius 3 is 2.70 bits per heavy atom. The Hall–Kier alpha value is -1.66. The Kier molecular flexibility index (Phi) is 4.92. The lowest BCUT2D eigenvalue weighted by molar-refractivity contribution is -0.384. The first-order valence-electron chi connectivity index (χ1n) is 6.84. The zero-order chi connectivity index (χ0) is 14.5. The number of hydrogen-bond donors (Lipinski definition) is 1. The summed E-state index contributed by atoms with van der Waals surface area (Å²) in [4.78, 5) is 12.9. The molecule has 1 saturated heterocycles. The first-order chi connectivity index (χ1) is 9.63. The van der Waals surface area contributed by atoms with E-state index >= 15 is 0 Å². The van der Waals surface area contributed by atoms with E-state index in [-0.39, 0.29) is 10.6 Å². The van der Waals surface area contributed by atoms with Crippen LogP contribution in [0.1, 0.15) is 18.4 Å². The van der Waals surface area contributed by atoms with Gasteiger partial charge < -0.3 is 10.1 Å². The van der Waals surface area contributed by atoms with Crippen LogP contribution in [0.2, 0.25) is 0 Å². The average Bonchev–Trinajstić information content (AvgIpc) is 2.47. The first-order valence-corrected chi connectivity index (χ1v) is 6.84. The van der Waals surface area contributed by atoms with Gasteiger partial charge in [0.15, 0.2) is 0 Å². The number of anilines is 1. The molecule has 1 fully saturated rings. The SMILES string of the molecule is CNc1cc(CN2CCC(OC)CC2)ccc1[N+](=O)[O-]. The van der Waals surface area contributed by atoms with Crippen LogP contribution in [0.25, 0.3) is 0 Å². The molecule has 0 amide bonds. The van der Waals surface area contributed by atoms with Crippen LogP contribution < -0.4 is 5.32 Å². The highest BCUT2D eigenvalue weighted by Gasteiger charge is 2.19. The summed E-state index contributed by atoms with van der Waals surface area (Å²) in [6, 6.07) is 5.27. The smallest absolute Gasteiger partial charge is 0.292 e. The van der Waals surface area contributed by atoms with Gasteiger partial charge in [0.1, 0.15) is 5.69 Å². The number of methoxy groups -OCH3 is 1. The van der Waals surface area contributed by atoms with Crippen LogP contribution in [0.3, 0.4) is 0 Å². The molecule has 0 unspecified atom stereocenters. The summed E-state index contributed by atoms with van der Waals surface area (Å²) in [7, 11) is 3.46. The summed E-state index contributed by atoms with van der Waals surface area (Å²) in [5, 5.41) is 13.8. The van der Waals surface area contributed by atoms with Crippen LogP contribution in [0.4, 0.5) is 11.4 Å². The molecule has 0 aliphatic carbocycles. The number of likely N-dealkylation sites (tertiary alicyclic amines) is 1. The van der Waals surface area contributed by atoms with E-state index in [0.29, 0.717) is 11.8 Å². The molecular weight excluding hydrogens is 258 g/mol. The number of ether oxygens (including phenoxy) is 1. The van der Waals surface area contributed by atoms with Gasteiger partial charge in [0.2, 0.25) is 0 Å². The highest BCUT2D eigenvalue weighted by atomic mass is 16.6. The summed E-state index contributed by atoms with van der Waals surface area (Å²) in [5.41, 5.74) is 1.78. The van der Waals surface area contributed by atoms with Crippen LogP contribution >= 0.6 is 0 Å². The van der Waals surface area contributed by atoms with Crippen LogP contribution in [0.5, 0.6) is 0 Å². The molecule has 0 bridgehead atoms. The van der Waals surface area contributed by atoms with E-state index in [0.717, 1.165) is 38.0 Å². The number of nitro groups is 1. The van der Waals surface area contributed by atoms with Crippen molar-refractivity contribution in [3.63, 3.8) is 0 Å². The van der Waals surface area contributed by atoms with E-state index in [1.807, 2.05) is 12.1 Å². The second-order valence-electron chi connectivity index (χ2n) is 5.07. The van der Waals surface area contributed by atoms with Gasteiger partial charge in [-0.05, 0) is 24.5 Å². The molecule has 1 aliphatic heterocycles. The van der Waals surface area contributed by atoms with Gasteiger partial charge in [-0.15, -0.1) is 0 Å². The Labute approximate surface area is 118 Å². The lowest BCUT2D eigenvalue weighted by Crippen LogP contribution is -2.36. The van der Waals surface area contributed by atoms with Crippen LogP contribution in [-0.2, 0) is 11.3 Å². The molecule has 0 spiro atoms. The van der Waals surface area contributed by atoms with Crippen molar-refractivity contribution in [2.24, 2.45) is 0 Å². The van der Waals surface area contributed by atoms with E-state index in [1.165, 1.54) is 0 Å². The predicted molar refractivity (Wildman–Crippen MR) is 78.0 cm³/mol. The van der Waals surface area contributed by atoms with Crippen molar-refractivity contribution in [2.45, 2.75) is 25.5 Å². The predicted octanol–water partition coefficient (Wildman–Crippen LogP) is 2.25. The fourth-order valence-electron chi connectivity index (χ4n) is 2.60. The molecule has 110 valence electrons. The van der Waals surface area contributed by atoms with Gasteiger partial charge in [-0.3, -0.25) is 15.0 Å². The van der Waals surface area contributed by atoms with E-state index in [1.54, 1.807) is 20.2 Å². The summed E-state index contributed by atoms with van der Waals surface area (Å²) in [6.45, 7) is 2.83. The van der Waals surface area contributed by atoms with Gasteiger partial charge in [-0.1, -0.05) is 6.07 Å². The summed E-state index contributed by atoms with van der Waals surface area (Å²) >= 11 is 0. The average molecular weight is 279 g/mol. The lowest BCUT2D eigenvalue weighted by atomic mass is 10.1. The van der Waals surface area contributed by atoms with Crippen molar-refractivity contribution in [1.82, 2.24) is 4.90 Å². The number of rotatable bonds is 5. The van der Waals surface area contributed by atoms with E-state index < -0.39 is 0 Å². The highest BCUT2D eigenvalue weighted by molar-refractivity contribution is 5.62. The molecule has 0 aromatic heterocycles. The molecule has 1 N–H and O–H groups in total. The Morgan fingerprint density at radius 1 is 1.45 bits per heavy atom. The zero-order valence-corrected chi connectivity index (χ0v) is 12.0. The van der Waals surface area contributed by atoms with Gasteiger partial charge >= 0.3 is 0 Å². The maximum absolute atomic E-state index is 10.9.